The van der Waals surface area contributed by atoms with Crippen LogP contribution >= 0.6 is 0 Å². The van der Waals surface area contributed by atoms with E-state index in [0.29, 0.717) is 24.9 Å². The molecule has 0 aromatic heterocycles. The maximum atomic E-state index is 11.8. The molecule has 18 heavy (non-hydrogen) atoms. The van der Waals surface area contributed by atoms with Crippen LogP contribution in [0.1, 0.15) is 51.9 Å². The van der Waals surface area contributed by atoms with E-state index in [1.165, 1.54) is 12.8 Å². The van der Waals surface area contributed by atoms with Gasteiger partial charge in [0.1, 0.15) is 0 Å². The fourth-order valence-electron chi connectivity index (χ4n) is 3.28. The minimum atomic E-state index is -0.670. The summed E-state index contributed by atoms with van der Waals surface area (Å²) in [6, 6.07) is 0.338. The maximum absolute atomic E-state index is 11.8. The second-order valence-electron chi connectivity index (χ2n) is 6.20. The number of rotatable bonds is 4. The van der Waals surface area contributed by atoms with Crippen LogP contribution in [0.4, 0.5) is 0 Å². The lowest BCUT2D eigenvalue weighted by molar-refractivity contribution is -0.123. The smallest absolute Gasteiger partial charge is 0.221 e. The van der Waals surface area contributed by atoms with E-state index in [1.807, 2.05) is 0 Å². The quantitative estimate of drug-likeness (QED) is 0.706. The molecule has 4 nitrogen and oxygen atoms in total. The Kier molecular flexibility index (Phi) is 4.62. The number of hydrogen-bond donors (Lipinski definition) is 3. The number of aliphatic hydroxyl groups is 1. The Hall–Kier alpha value is -0.610. The Morgan fingerprint density at radius 2 is 2.28 bits per heavy atom. The van der Waals surface area contributed by atoms with Crippen molar-refractivity contribution < 1.29 is 9.90 Å². The molecule has 1 saturated carbocycles. The van der Waals surface area contributed by atoms with Crippen molar-refractivity contribution in [3.63, 3.8) is 0 Å². The third-order valence-corrected chi connectivity index (χ3v) is 4.28. The minimum absolute atomic E-state index is 0.0704. The summed E-state index contributed by atoms with van der Waals surface area (Å²) in [5.74, 6) is 0.637. The monoisotopic (exact) mass is 254 g/mol. The molecule has 2 rings (SSSR count). The van der Waals surface area contributed by atoms with Crippen molar-refractivity contribution in [3.8, 4) is 0 Å². The van der Waals surface area contributed by atoms with Gasteiger partial charge in [-0.25, -0.2) is 0 Å². The molecular formula is C14H26N2O2. The zero-order valence-corrected chi connectivity index (χ0v) is 11.4. The van der Waals surface area contributed by atoms with Crippen molar-refractivity contribution in [2.24, 2.45) is 5.92 Å². The van der Waals surface area contributed by atoms with E-state index in [2.05, 4.69) is 17.6 Å². The Morgan fingerprint density at radius 1 is 1.44 bits per heavy atom. The molecule has 3 unspecified atom stereocenters. The van der Waals surface area contributed by atoms with Crippen molar-refractivity contribution in [1.82, 2.24) is 10.6 Å². The van der Waals surface area contributed by atoms with Gasteiger partial charge >= 0.3 is 0 Å². The molecule has 0 bridgehead atoms. The highest BCUT2D eigenvalue weighted by Crippen LogP contribution is 2.31. The van der Waals surface area contributed by atoms with Gasteiger partial charge in [0.15, 0.2) is 0 Å². The van der Waals surface area contributed by atoms with Gasteiger partial charge in [-0.2, -0.15) is 0 Å². The normalized spacial score (nSPS) is 36.6. The standard InChI is InChI=1S/C14H26N2O2/c1-11-4-2-6-14(18,9-11)10-16-13(17)8-12-5-3-7-15-12/h11-12,15,18H,2-10H2,1H3,(H,16,17). The topological polar surface area (TPSA) is 61.4 Å². The zero-order chi connectivity index (χ0) is 13.0. The molecule has 1 aliphatic carbocycles. The molecule has 2 fully saturated rings. The Bertz CT molecular complexity index is 290. The number of carbonyl (C=O) groups excluding carboxylic acids is 1. The van der Waals surface area contributed by atoms with Crippen molar-refractivity contribution in [3.05, 3.63) is 0 Å². The lowest BCUT2D eigenvalue weighted by Gasteiger charge is -2.35. The number of carbonyl (C=O) groups is 1. The summed E-state index contributed by atoms with van der Waals surface area (Å²) in [5, 5.41) is 16.7. The first-order chi connectivity index (χ1) is 8.57. The van der Waals surface area contributed by atoms with Gasteiger partial charge in [0, 0.05) is 19.0 Å². The van der Waals surface area contributed by atoms with E-state index < -0.39 is 5.60 Å². The summed E-state index contributed by atoms with van der Waals surface area (Å²) in [7, 11) is 0. The van der Waals surface area contributed by atoms with Crippen LogP contribution in [0.2, 0.25) is 0 Å². The first-order valence-electron chi connectivity index (χ1n) is 7.30. The number of hydrogen-bond acceptors (Lipinski definition) is 3. The van der Waals surface area contributed by atoms with Crippen molar-refractivity contribution in [2.75, 3.05) is 13.1 Å². The second kappa shape index (κ2) is 6.02. The predicted octanol–water partition coefficient (Wildman–Crippen LogP) is 1.19. The SMILES string of the molecule is CC1CCCC(O)(CNC(=O)CC2CCCN2)C1. The van der Waals surface area contributed by atoms with Crippen LogP contribution in [-0.4, -0.2) is 35.7 Å². The van der Waals surface area contributed by atoms with E-state index >= 15 is 0 Å². The molecular weight excluding hydrogens is 228 g/mol. The molecule has 1 heterocycles. The molecule has 3 N–H and O–H groups in total. The highest BCUT2D eigenvalue weighted by Gasteiger charge is 2.33. The first kappa shape index (κ1) is 13.8. The molecule has 0 spiro atoms. The van der Waals surface area contributed by atoms with Gasteiger partial charge in [0.2, 0.25) is 5.91 Å². The Labute approximate surface area is 110 Å². The average Bonchev–Trinajstić information content (AvgIpc) is 2.79. The van der Waals surface area contributed by atoms with Gasteiger partial charge in [0.05, 0.1) is 5.60 Å². The lowest BCUT2D eigenvalue weighted by Crippen LogP contribution is -2.46. The average molecular weight is 254 g/mol. The largest absolute Gasteiger partial charge is 0.388 e. The molecule has 0 aromatic rings. The molecule has 3 atom stereocenters. The van der Waals surface area contributed by atoms with Crippen LogP contribution in [0.15, 0.2) is 0 Å². The molecule has 1 aliphatic heterocycles. The molecule has 104 valence electrons. The summed E-state index contributed by atoms with van der Waals surface area (Å²) in [6.07, 6.45) is 6.70. The Balaban J connectivity index is 1.71. The fourth-order valence-corrected chi connectivity index (χ4v) is 3.28. The van der Waals surface area contributed by atoms with Crippen molar-refractivity contribution >= 4 is 5.91 Å². The van der Waals surface area contributed by atoms with Gasteiger partial charge < -0.3 is 15.7 Å². The third kappa shape index (κ3) is 3.95. The highest BCUT2D eigenvalue weighted by atomic mass is 16.3. The van der Waals surface area contributed by atoms with E-state index in [9.17, 15) is 9.90 Å². The molecule has 1 amide bonds. The summed E-state index contributed by atoms with van der Waals surface area (Å²) in [4.78, 5) is 11.8. The van der Waals surface area contributed by atoms with Crippen LogP contribution in [0.25, 0.3) is 0 Å². The number of amides is 1. The van der Waals surface area contributed by atoms with E-state index in [4.69, 9.17) is 0 Å². The van der Waals surface area contributed by atoms with Crippen LogP contribution in [0.5, 0.6) is 0 Å². The van der Waals surface area contributed by atoms with Crippen LogP contribution in [0, 0.1) is 5.92 Å². The van der Waals surface area contributed by atoms with E-state index in [0.717, 1.165) is 32.2 Å². The first-order valence-corrected chi connectivity index (χ1v) is 7.30. The summed E-state index contributed by atoms with van der Waals surface area (Å²) in [6.45, 7) is 3.62. The van der Waals surface area contributed by atoms with E-state index in [1.54, 1.807) is 0 Å². The van der Waals surface area contributed by atoms with Gasteiger partial charge in [-0.05, 0) is 38.1 Å². The summed E-state index contributed by atoms with van der Waals surface area (Å²) in [5.41, 5.74) is -0.670. The van der Waals surface area contributed by atoms with E-state index in [-0.39, 0.29) is 5.91 Å². The molecule has 2 aliphatic rings. The van der Waals surface area contributed by atoms with Crippen LogP contribution in [-0.2, 0) is 4.79 Å². The molecule has 0 radical (unpaired) electrons. The Morgan fingerprint density at radius 3 is 2.94 bits per heavy atom. The summed E-state index contributed by atoms with van der Waals surface area (Å²) < 4.78 is 0. The van der Waals surface area contributed by atoms with Gasteiger partial charge in [-0.3, -0.25) is 4.79 Å². The van der Waals surface area contributed by atoms with Gasteiger partial charge in [0.25, 0.3) is 0 Å². The third-order valence-electron chi connectivity index (χ3n) is 4.28. The molecule has 4 heteroatoms. The molecule has 1 saturated heterocycles. The van der Waals surface area contributed by atoms with Crippen molar-refractivity contribution in [1.29, 1.82) is 0 Å². The van der Waals surface area contributed by atoms with Crippen LogP contribution in [0.3, 0.4) is 0 Å². The minimum Gasteiger partial charge on any atom is -0.388 e. The lowest BCUT2D eigenvalue weighted by atomic mass is 9.79. The van der Waals surface area contributed by atoms with Gasteiger partial charge in [-0.15, -0.1) is 0 Å². The van der Waals surface area contributed by atoms with Crippen LogP contribution < -0.4 is 10.6 Å². The summed E-state index contributed by atoms with van der Waals surface area (Å²) >= 11 is 0. The zero-order valence-electron chi connectivity index (χ0n) is 11.4. The maximum Gasteiger partial charge on any atom is 0.221 e. The van der Waals surface area contributed by atoms with Gasteiger partial charge in [-0.1, -0.05) is 19.8 Å². The second-order valence-corrected chi connectivity index (χ2v) is 6.20. The fraction of sp³-hybridized carbons (Fsp3) is 0.929. The molecule has 0 aromatic carbocycles. The number of nitrogens with one attached hydrogen (secondary N) is 2. The predicted molar refractivity (Wildman–Crippen MR) is 71.2 cm³/mol. The highest BCUT2D eigenvalue weighted by molar-refractivity contribution is 5.76. The van der Waals surface area contributed by atoms with Crippen molar-refractivity contribution in [2.45, 2.75) is 63.5 Å².